The van der Waals surface area contributed by atoms with Gasteiger partial charge >= 0.3 is 0 Å². The number of aliphatic hydroxyl groups excluding tert-OH is 3. The topological polar surface area (TPSA) is 125 Å². The van der Waals surface area contributed by atoms with Crippen LogP contribution in [0.3, 0.4) is 0 Å². The van der Waals surface area contributed by atoms with E-state index in [4.69, 9.17) is 4.74 Å². The molecule has 0 unspecified atom stereocenters. The first-order valence-corrected chi connectivity index (χ1v) is 6.94. The van der Waals surface area contributed by atoms with E-state index >= 15 is 0 Å². The number of nitro groups is 1. The Hall–Kier alpha value is -1.74. The quantitative estimate of drug-likeness (QED) is 0.471. The SMILES string of the molecule is Cc1cc(N[C@@H]2O[C@@H](C)[C@H](O)[C@@H](O)[C@H]2O)c([N+](=O)[O-])cc1C. The van der Waals surface area contributed by atoms with Crippen molar-refractivity contribution in [1.82, 2.24) is 0 Å². The lowest BCUT2D eigenvalue weighted by atomic mass is 9.98. The second-order valence-electron chi connectivity index (χ2n) is 5.59. The van der Waals surface area contributed by atoms with E-state index in [1.807, 2.05) is 6.92 Å². The molecule has 0 bridgehead atoms. The van der Waals surface area contributed by atoms with Crippen LogP contribution >= 0.6 is 0 Å². The summed E-state index contributed by atoms with van der Waals surface area (Å²) in [6.45, 7) is 5.12. The van der Waals surface area contributed by atoms with E-state index in [-0.39, 0.29) is 11.4 Å². The fourth-order valence-corrected chi connectivity index (χ4v) is 2.39. The molecular weight excluding hydrogens is 292 g/mol. The number of nitrogens with one attached hydrogen (secondary N) is 1. The number of ether oxygens (including phenoxy) is 1. The average Bonchev–Trinajstić information content (AvgIpc) is 2.45. The number of hydrogen-bond acceptors (Lipinski definition) is 7. The van der Waals surface area contributed by atoms with Crippen molar-refractivity contribution in [1.29, 1.82) is 0 Å². The van der Waals surface area contributed by atoms with E-state index in [9.17, 15) is 25.4 Å². The van der Waals surface area contributed by atoms with Crippen LogP contribution in [0.5, 0.6) is 0 Å². The molecule has 0 amide bonds. The second-order valence-corrected chi connectivity index (χ2v) is 5.59. The van der Waals surface area contributed by atoms with Gasteiger partial charge in [0, 0.05) is 6.07 Å². The van der Waals surface area contributed by atoms with Crippen molar-refractivity contribution in [3.8, 4) is 0 Å². The van der Waals surface area contributed by atoms with Crippen LogP contribution in [0.1, 0.15) is 18.1 Å². The van der Waals surface area contributed by atoms with Crippen molar-refractivity contribution in [2.24, 2.45) is 0 Å². The molecule has 5 atom stereocenters. The third-order valence-electron chi connectivity index (χ3n) is 3.96. The Labute approximate surface area is 127 Å². The molecule has 1 aromatic carbocycles. The first kappa shape index (κ1) is 16.6. The Morgan fingerprint density at radius 3 is 2.32 bits per heavy atom. The molecule has 4 N–H and O–H groups in total. The van der Waals surface area contributed by atoms with Gasteiger partial charge in [-0.25, -0.2) is 0 Å². The molecule has 8 nitrogen and oxygen atoms in total. The second kappa shape index (κ2) is 6.17. The fraction of sp³-hybridized carbons (Fsp3) is 0.571. The summed E-state index contributed by atoms with van der Waals surface area (Å²) in [6, 6.07) is 3.02. The van der Waals surface area contributed by atoms with Crippen molar-refractivity contribution >= 4 is 11.4 Å². The Morgan fingerprint density at radius 2 is 1.73 bits per heavy atom. The third kappa shape index (κ3) is 3.05. The van der Waals surface area contributed by atoms with Crippen molar-refractivity contribution in [3.63, 3.8) is 0 Å². The summed E-state index contributed by atoms with van der Waals surface area (Å²) >= 11 is 0. The van der Waals surface area contributed by atoms with E-state index in [2.05, 4.69) is 5.32 Å². The number of nitro benzene ring substituents is 1. The first-order valence-electron chi connectivity index (χ1n) is 6.94. The highest BCUT2D eigenvalue weighted by Crippen LogP contribution is 2.31. The number of aliphatic hydroxyl groups is 3. The fourth-order valence-electron chi connectivity index (χ4n) is 2.39. The summed E-state index contributed by atoms with van der Waals surface area (Å²) in [4.78, 5) is 10.6. The van der Waals surface area contributed by atoms with Gasteiger partial charge < -0.3 is 25.4 Å². The molecule has 1 fully saturated rings. The highest BCUT2D eigenvalue weighted by Gasteiger charge is 2.42. The molecule has 1 aliphatic heterocycles. The van der Waals surface area contributed by atoms with Crippen LogP contribution in [0.2, 0.25) is 0 Å². The molecule has 122 valence electrons. The van der Waals surface area contributed by atoms with Gasteiger partial charge in [0.15, 0.2) is 6.23 Å². The highest BCUT2D eigenvalue weighted by molar-refractivity contribution is 5.64. The minimum absolute atomic E-state index is 0.146. The number of anilines is 1. The third-order valence-corrected chi connectivity index (χ3v) is 3.96. The van der Waals surface area contributed by atoms with E-state index in [0.717, 1.165) is 11.1 Å². The summed E-state index contributed by atoms with van der Waals surface area (Å²) in [5.74, 6) is 0. The lowest BCUT2D eigenvalue weighted by molar-refractivity contribution is -0.384. The van der Waals surface area contributed by atoms with Gasteiger partial charge in [0.05, 0.1) is 11.0 Å². The summed E-state index contributed by atoms with van der Waals surface area (Å²) in [7, 11) is 0. The molecule has 0 radical (unpaired) electrons. The maximum atomic E-state index is 11.2. The van der Waals surface area contributed by atoms with Gasteiger partial charge in [0.1, 0.15) is 24.0 Å². The van der Waals surface area contributed by atoms with Crippen LogP contribution in [-0.4, -0.2) is 50.9 Å². The Kier molecular flexibility index (Phi) is 4.66. The van der Waals surface area contributed by atoms with E-state index in [0.29, 0.717) is 0 Å². The van der Waals surface area contributed by atoms with Gasteiger partial charge in [-0.2, -0.15) is 0 Å². The zero-order chi connectivity index (χ0) is 16.6. The molecule has 0 aliphatic carbocycles. The number of benzene rings is 1. The predicted molar refractivity (Wildman–Crippen MR) is 78.5 cm³/mol. The van der Waals surface area contributed by atoms with Crippen LogP contribution in [-0.2, 0) is 4.74 Å². The van der Waals surface area contributed by atoms with Crippen LogP contribution in [0.4, 0.5) is 11.4 Å². The minimum Gasteiger partial charge on any atom is -0.388 e. The summed E-state index contributed by atoms with van der Waals surface area (Å²) in [5, 5.41) is 43.3. The van der Waals surface area contributed by atoms with Crippen LogP contribution in [0, 0.1) is 24.0 Å². The molecule has 1 aliphatic rings. The molecule has 1 aromatic rings. The molecule has 8 heteroatoms. The van der Waals surface area contributed by atoms with Crippen LogP contribution < -0.4 is 5.32 Å². The van der Waals surface area contributed by atoms with Crippen LogP contribution in [0.15, 0.2) is 12.1 Å². The largest absolute Gasteiger partial charge is 0.388 e. The molecule has 0 saturated carbocycles. The highest BCUT2D eigenvalue weighted by atomic mass is 16.6. The predicted octanol–water partition coefficient (Wildman–Crippen LogP) is 0.451. The zero-order valence-corrected chi connectivity index (χ0v) is 12.6. The number of rotatable bonds is 3. The van der Waals surface area contributed by atoms with E-state index < -0.39 is 35.6 Å². The minimum atomic E-state index is -1.41. The Bertz CT molecular complexity index is 579. The molecule has 1 saturated heterocycles. The molecule has 0 aromatic heterocycles. The Morgan fingerprint density at radius 1 is 1.14 bits per heavy atom. The number of aryl methyl sites for hydroxylation is 2. The maximum absolute atomic E-state index is 11.2. The van der Waals surface area contributed by atoms with Crippen molar-refractivity contribution in [2.75, 3.05) is 5.32 Å². The van der Waals surface area contributed by atoms with Gasteiger partial charge in [0.2, 0.25) is 0 Å². The van der Waals surface area contributed by atoms with Crippen molar-refractivity contribution < 1.29 is 25.0 Å². The van der Waals surface area contributed by atoms with Gasteiger partial charge in [-0.1, -0.05) is 0 Å². The maximum Gasteiger partial charge on any atom is 0.292 e. The van der Waals surface area contributed by atoms with Gasteiger partial charge in [-0.15, -0.1) is 0 Å². The number of hydrogen-bond donors (Lipinski definition) is 4. The van der Waals surface area contributed by atoms with Crippen LogP contribution in [0.25, 0.3) is 0 Å². The summed E-state index contributed by atoms with van der Waals surface area (Å²) < 4.78 is 5.40. The summed E-state index contributed by atoms with van der Waals surface area (Å²) in [6.07, 6.45) is -5.81. The van der Waals surface area contributed by atoms with Crippen molar-refractivity contribution in [3.05, 3.63) is 33.4 Å². The molecule has 2 rings (SSSR count). The zero-order valence-electron chi connectivity index (χ0n) is 12.6. The van der Waals surface area contributed by atoms with E-state index in [1.165, 1.54) is 6.07 Å². The molecule has 1 heterocycles. The lowest BCUT2D eigenvalue weighted by Gasteiger charge is -2.39. The van der Waals surface area contributed by atoms with Gasteiger partial charge in [-0.3, -0.25) is 10.1 Å². The van der Waals surface area contributed by atoms with Gasteiger partial charge in [0.25, 0.3) is 5.69 Å². The van der Waals surface area contributed by atoms with Crippen molar-refractivity contribution in [2.45, 2.75) is 51.4 Å². The standard InChI is InChI=1S/C14H20N2O6/c1-6-4-9(10(16(20)21)5-7(6)2)15-14-13(19)12(18)11(17)8(3)22-14/h4-5,8,11-15,17-19H,1-3H3/t8-,11-,12+,13+,14+/m0/s1. The Balaban J connectivity index is 2.30. The molecular formula is C14H20N2O6. The molecule has 0 spiro atoms. The monoisotopic (exact) mass is 312 g/mol. The number of nitrogens with zero attached hydrogens (tertiary/aromatic N) is 1. The smallest absolute Gasteiger partial charge is 0.292 e. The van der Waals surface area contributed by atoms with E-state index in [1.54, 1.807) is 19.9 Å². The normalized spacial score (nSPS) is 31.8. The lowest BCUT2D eigenvalue weighted by Crippen LogP contribution is -2.58. The summed E-state index contributed by atoms with van der Waals surface area (Å²) in [5.41, 5.74) is 1.65. The average molecular weight is 312 g/mol. The van der Waals surface area contributed by atoms with Gasteiger partial charge in [-0.05, 0) is 38.0 Å². The first-order chi connectivity index (χ1) is 10.2. The molecule has 22 heavy (non-hydrogen) atoms.